The summed E-state index contributed by atoms with van der Waals surface area (Å²) < 4.78 is 28.3. The molecule has 0 unspecified atom stereocenters. The lowest BCUT2D eigenvalue weighted by atomic mass is 10.0. The van der Waals surface area contributed by atoms with Crippen LogP contribution in [0.15, 0.2) is 71.5 Å². The number of halogens is 3. The van der Waals surface area contributed by atoms with Gasteiger partial charge >= 0.3 is 17.6 Å². The number of rotatable bonds is 9. The van der Waals surface area contributed by atoms with Crippen LogP contribution in [-0.4, -0.2) is 54.5 Å². The molecule has 4 rings (SSSR count). The fourth-order valence-corrected chi connectivity index (χ4v) is 3.72. The number of aliphatic hydroxyl groups excluding tert-OH is 1. The van der Waals surface area contributed by atoms with Crippen molar-refractivity contribution in [3.8, 4) is 16.8 Å². The zero-order valence-electron chi connectivity index (χ0n) is 19.4. The number of amides is 1. The summed E-state index contributed by atoms with van der Waals surface area (Å²) in [6.45, 7) is -0.564. The number of aliphatic carboxylic acids is 1. The van der Waals surface area contributed by atoms with Gasteiger partial charge in [-0.1, -0.05) is 35.9 Å². The number of nitrogens with zero attached hydrogens (tertiary/aromatic N) is 3. The maximum atomic E-state index is 14.2. The Morgan fingerprint density at radius 2 is 1.76 bits per heavy atom. The average Bonchev–Trinajstić information content (AvgIpc) is 3.28. The molecule has 4 aromatic rings. The van der Waals surface area contributed by atoms with Crippen molar-refractivity contribution in [1.29, 1.82) is 0 Å². The first-order valence-corrected chi connectivity index (χ1v) is 11.4. The first-order chi connectivity index (χ1) is 18.1. The van der Waals surface area contributed by atoms with Gasteiger partial charge in [0.1, 0.15) is 11.6 Å². The van der Waals surface area contributed by atoms with Gasteiger partial charge in [-0.15, -0.1) is 5.10 Å². The quantitative estimate of drug-likeness (QED) is 0.238. The van der Waals surface area contributed by atoms with Gasteiger partial charge in [0, 0.05) is 17.1 Å². The van der Waals surface area contributed by atoms with Gasteiger partial charge in [-0.25, -0.2) is 23.4 Å². The fourth-order valence-electron chi connectivity index (χ4n) is 3.55. The van der Waals surface area contributed by atoms with Crippen LogP contribution >= 0.6 is 11.6 Å². The standard InChI is InChI=1S/C25H20ClF2N5O5/c26-16-5-10-20(28)19(11-16)15-3-1-14(2-4-15)12-32(13-21(34)24(36)37)31-23(35)22-29-25(38)33(30-22)18-8-6-17(27)7-9-18/h1-11,21,34H,12-13H2,(H,31,35)(H,36,37)(H,29,30,38)/t21-/m1/s1. The largest absolute Gasteiger partial charge is 0.479 e. The van der Waals surface area contributed by atoms with Crippen LogP contribution in [0.3, 0.4) is 0 Å². The van der Waals surface area contributed by atoms with E-state index in [2.05, 4.69) is 15.5 Å². The summed E-state index contributed by atoms with van der Waals surface area (Å²) >= 11 is 5.96. The number of nitrogens with one attached hydrogen (secondary N) is 2. The molecule has 1 aromatic heterocycles. The number of benzene rings is 3. The number of hydrogen-bond donors (Lipinski definition) is 4. The van der Waals surface area contributed by atoms with Crippen molar-refractivity contribution in [1.82, 2.24) is 25.2 Å². The molecule has 0 spiro atoms. The molecule has 38 heavy (non-hydrogen) atoms. The second-order valence-electron chi connectivity index (χ2n) is 8.16. The van der Waals surface area contributed by atoms with Crippen LogP contribution in [0, 0.1) is 11.6 Å². The number of carbonyl (C=O) groups excluding carboxylic acids is 1. The summed E-state index contributed by atoms with van der Waals surface area (Å²) in [5.74, 6) is -3.78. The normalized spacial score (nSPS) is 11.9. The minimum atomic E-state index is -1.84. The molecule has 0 aliphatic heterocycles. The van der Waals surface area contributed by atoms with Crippen LogP contribution in [0.2, 0.25) is 5.02 Å². The van der Waals surface area contributed by atoms with Crippen LogP contribution in [0.1, 0.15) is 16.2 Å². The summed E-state index contributed by atoms with van der Waals surface area (Å²) in [5.41, 5.74) is 3.28. The topological polar surface area (TPSA) is 141 Å². The minimum Gasteiger partial charge on any atom is -0.479 e. The van der Waals surface area contributed by atoms with Crippen LogP contribution in [0.5, 0.6) is 0 Å². The van der Waals surface area contributed by atoms with E-state index in [1.165, 1.54) is 30.3 Å². The Labute approximate surface area is 218 Å². The minimum absolute atomic E-state index is 0.0582. The third kappa shape index (κ3) is 6.29. The molecule has 13 heteroatoms. The lowest BCUT2D eigenvalue weighted by Crippen LogP contribution is -2.47. The number of hydrogen-bond acceptors (Lipinski definition) is 6. The predicted molar refractivity (Wildman–Crippen MR) is 133 cm³/mol. The lowest BCUT2D eigenvalue weighted by Gasteiger charge is -2.24. The van der Waals surface area contributed by atoms with Crippen molar-refractivity contribution in [3.63, 3.8) is 0 Å². The van der Waals surface area contributed by atoms with Crippen molar-refractivity contribution in [2.24, 2.45) is 0 Å². The zero-order valence-corrected chi connectivity index (χ0v) is 20.2. The molecule has 0 bridgehead atoms. The number of aromatic nitrogens is 3. The fraction of sp³-hybridized carbons (Fsp3) is 0.120. The molecule has 0 radical (unpaired) electrons. The van der Waals surface area contributed by atoms with E-state index in [-0.39, 0.29) is 17.8 Å². The number of hydrazine groups is 1. The second-order valence-corrected chi connectivity index (χ2v) is 8.60. The Morgan fingerprint density at radius 1 is 1.08 bits per heavy atom. The molecular weight excluding hydrogens is 524 g/mol. The van der Waals surface area contributed by atoms with Gasteiger partial charge in [0.05, 0.1) is 12.2 Å². The molecule has 0 aliphatic carbocycles. The van der Waals surface area contributed by atoms with Crippen molar-refractivity contribution in [2.75, 3.05) is 6.54 Å². The highest BCUT2D eigenvalue weighted by Gasteiger charge is 2.22. The highest BCUT2D eigenvalue weighted by molar-refractivity contribution is 6.30. The Kier molecular flexibility index (Phi) is 7.96. The van der Waals surface area contributed by atoms with E-state index in [1.807, 2.05) is 0 Å². The third-order valence-corrected chi connectivity index (χ3v) is 5.64. The van der Waals surface area contributed by atoms with Crippen molar-refractivity contribution < 1.29 is 28.6 Å². The second kappa shape index (κ2) is 11.3. The van der Waals surface area contributed by atoms with Crippen LogP contribution < -0.4 is 11.1 Å². The number of H-pyrrole nitrogens is 1. The number of carbonyl (C=O) groups is 2. The highest BCUT2D eigenvalue weighted by atomic mass is 35.5. The van der Waals surface area contributed by atoms with Crippen LogP contribution in [0.4, 0.5) is 8.78 Å². The van der Waals surface area contributed by atoms with E-state index in [1.54, 1.807) is 24.3 Å². The third-order valence-electron chi connectivity index (χ3n) is 5.41. The molecule has 4 N–H and O–H groups in total. The summed E-state index contributed by atoms with van der Waals surface area (Å²) in [6, 6.07) is 15.5. The summed E-state index contributed by atoms with van der Waals surface area (Å²) in [6.07, 6.45) is -1.84. The smallest absolute Gasteiger partial charge is 0.348 e. The number of aromatic amines is 1. The van der Waals surface area contributed by atoms with Gasteiger partial charge in [-0.2, -0.15) is 4.68 Å². The highest BCUT2D eigenvalue weighted by Crippen LogP contribution is 2.26. The van der Waals surface area contributed by atoms with E-state index < -0.39 is 47.7 Å². The van der Waals surface area contributed by atoms with Gasteiger partial charge in [0.25, 0.3) is 0 Å². The molecule has 10 nitrogen and oxygen atoms in total. The van der Waals surface area contributed by atoms with E-state index >= 15 is 0 Å². The summed E-state index contributed by atoms with van der Waals surface area (Å²) in [4.78, 5) is 38.6. The summed E-state index contributed by atoms with van der Waals surface area (Å²) in [7, 11) is 0. The SMILES string of the molecule is O=C(NN(Cc1ccc(-c2cc(Cl)ccc2F)cc1)C[C@@H](O)C(=O)O)c1nn(-c2ccc(F)cc2)c(=O)[nH]1. The number of carboxylic acid groups (broad SMARTS) is 1. The van der Waals surface area contributed by atoms with E-state index in [4.69, 9.17) is 16.7 Å². The Balaban J connectivity index is 1.53. The molecule has 196 valence electrons. The molecule has 1 amide bonds. The monoisotopic (exact) mass is 543 g/mol. The molecule has 0 saturated carbocycles. The Morgan fingerprint density at radius 3 is 2.42 bits per heavy atom. The van der Waals surface area contributed by atoms with Gasteiger partial charge < -0.3 is 10.2 Å². The van der Waals surface area contributed by atoms with Crippen LogP contribution in [-0.2, 0) is 11.3 Å². The maximum absolute atomic E-state index is 14.2. The molecule has 1 heterocycles. The van der Waals surface area contributed by atoms with E-state index in [9.17, 15) is 28.3 Å². The molecule has 0 fully saturated rings. The first kappa shape index (κ1) is 26.7. The summed E-state index contributed by atoms with van der Waals surface area (Å²) in [5, 5.41) is 24.4. The number of aliphatic hydroxyl groups is 1. The van der Waals surface area contributed by atoms with Crippen molar-refractivity contribution in [2.45, 2.75) is 12.6 Å². The number of carboxylic acids is 1. The lowest BCUT2D eigenvalue weighted by molar-refractivity contribution is -0.148. The van der Waals surface area contributed by atoms with E-state index in [0.29, 0.717) is 16.1 Å². The van der Waals surface area contributed by atoms with Gasteiger partial charge in [0.15, 0.2) is 6.10 Å². The molecule has 0 aliphatic rings. The van der Waals surface area contributed by atoms with Gasteiger partial charge in [-0.3, -0.25) is 15.2 Å². The van der Waals surface area contributed by atoms with Crippen molar-refractivity contribution in [3.05, 3.63) is 105 Å². The molecule has 0 saturated heterocycles. The Hall–Kier alpha value is -4.39. The Bertz CT molecular complexity index is 1520. The molecule has 3 aromatic carbocycles. The predicted octanol–water partition coefficient (Wildman–Crippen LogP) is 2.75. The van der Waals surface area contributed by atoms with Crippen molar-refractivity contribution >= 4 is 23.5 Å². The van der Waals surface area contributed by atoms with Crippen LogP contribution in [0.25, 0.3) is 16.8 Å². The zero-order chi connectivity index (χ0) is 27.4. The maximum Gasteiger partial charge on any atom is 0.348 e. The van der Waals surface area contributed by atoms with E-state index in [0.717, 1.165) is 21.8 Å². The average molecular weight is 544 g/mol. The van der Waals surface area contributed by atoms with Gasteiger partial charge in [0.2, 0.25) is 5.82 Å². The first-order valence-electron chi connectivity index (χ1n) is 11.1. The molecule has 1 atom stereocenters. The van der Waals surface area contributed by atoms with Gasteiger partial charge in [-0.05, 0) is 53.6 Å². The molecular formula is C25H20ClF2N5O5.